The standard InChI is InChI=1S/C28H33F2N5O3.ClH/c1-16-15-34(17(2)14-31-16)28(36)19-7-5-18(6-8-19)22-13-26-32-21(12-23(27(29)30)35(26)33-22)20-9-10-24(37-3)25(11-20)38-4;/h5-11,13,16-17,21,23,27,31-32H,12,14-15H2,1-4H3;1H/t16-,17+,21?,23?;/m0./s1. The number of hydrogen-bond donors (Lipinski definition) is 2. The van der Waals surface area contributed by atoms with E-state index >= 15 is 0 Å². The van der Waals surface area contributed by atoms with Crippen LogP contribution in [-0.4, -0.2) is 66.4 Å². The van der Waals surface area contributed by atoms with Gasteiger partial charge in [0.1, 0.15) is 11.9 Å². The number of anilines is 1. The van der Waals surface area contributed by atoms with Gasteiger partial charge in [-0.1, -0.05) is 18.2 Å². The van der Waals surface area contributed by atoms with Gasteiger partial charge in [0.05, 0.1) is 26.0 Å². The van der Waals surface area contributed by atoms with E-state index < -0.39 is 12.5 Å². The highest BCUT2D eigenvalue weighted by molar-refractivity contribution is 5.95. The van der Waals surface area contributed by atoms with Gasteiger partial charge in [-0.2, -0.15) is 5.10 Å². The van der Waals surface area contributed by atoms with Crippen molar-refractivity contribution in [1.29, 1.82) is 0 Å². The monoisotopic (exact) mass is 561 g/mol. The molecule has 3 aromatic rings. The summed E-state index contributed by atoms with van der Waals surface area (Å²) in [5.74, 6) is 1.62. The number of aromatic nitrogens is 2. The van der Waals surface area contributed by atoms with Crippen LogP contribution in [0.2, 0.25) is 0 Å². The van der Waals surface area contributed by atoms with Crippen LogP contribution in [0.4, 0.5) is 14.6 Å². The summed E-state index contributed by atoms with van der Waals surface area (Å²) in [4.78, 5) is 15.0. The molecule has 1 amide bonds. The maximum Gasteiger partial charge on any atom is 0.260 e. The molecule has 210 valence electrons. The summed E-state index contributed by atoms with van der Waals surface area (Å²) in [6.07, 6.45) is -2.43. The molecular weight excluding hydrogens is 528 g/mol. The molecule has 11 heteroatoms. The Morgan fingerprint density at radius 1 is 1.05 bits per heavy atom. The maximum atomic E-state index is 14.2. The fourth-order valence-electron chi connectivity index (χ4n) is 5.23. The Labute approximate surface area is 233 Å². The Balaban J connectivity index is 0.00000353. The van der Waals surface area contributed by atoms with Crippen molar-refractivity contribution in [2.75, 3.05) is 32.6 Å². The molecule has 2 aliphatic heterocycles. The summed E-state index contributed by atoms with van der Waals surface area (Å²) in [5.41, 5.74) is 2.73. The highest BCUT2D eigenvalue weighted by Gasteiger charge is 2.35. The molecule has 8 nitrogen and oxygen atoms in total. The molecule has 0 bridgehead atoms. The van der Waals surface area contributed by atoms with Crippen LogP contribution in [0.25, 0.3) is 11.3 Å². The number of hydrogen-bond acceptors (Lipinski definition) is 6. The molecule has 39 heavy (non-hydrogen) atoms. The van der Waals surface area contributed by atoms with Crippen molar-refractivity contribution >= 4 is 24.1 Å². The Bertz CT molecular complexity index is 1300. The van der Waals surface area contributed by atoms with Gasteiger partial charge in [0.25, 0.3) is 12.3 Å². The molecule has 5 rings (SSSR count). The minimum Gasteiger partial charge on any atom is -0.493 e. The van der Waals surface area contributed by atoms with E-state index in [4.69, 9.17) is 9.47 Å². The number of alkyl halides is 2. The predicted molar refractivity (Wildman–Crippen MR) is 148 cm³/mol. The van der Waals surface area contributed by atoms with E-state index in [2.05, 4.69) is 22.7 Å². The maximum absolute atomic E-state index is 14.2. The number of ether oxygens (including phenoxy) is 2. The molecule has 2 unspecified atom stereocenters. The lowest BCUT2D eigenvalue weighted by Gasteiger charge is -2.37. The number of piperazine rings is 1. The van der Waals surface area contributed by atoms with Crippen molar-refractivity contribution in [3.8, 4) is 22.8 Å². The zero-order valence-corrected chi connectivity index (χ0v) is 23.2. The van der Waals surface area contributed by atoms with Crippen molar-refractivity contribution in [1.82, 2.24) is 20.0 Å². The van der Waals surface area contributed by atoms with Crippen LogP contribution >= 0.6 is 12.4 Å². The Morgan fingerprint density at radius 3 is 2.44 bits per heavy atom. The number of carbonyl (C=O) groups is 1. The number of amides is 1. The van der Waals surface area contributed by atoms with Gasteiger partial charge < -0.3 is 25.0 Å². The van der Waals surface area contributed by atoms with Crippen molar-refractivity contribution in [3.63, 3.8) is 0 Å². The topological polar surface area (TPSA) is 80.7 Å². The zero-order chi connectivity index (χ0) is 27.0. The second-order valence-corrected chi connectivity index (χ2v) is 10.0. The molecular formula is C28H34ClF2N5O3. The molecule has 2 N–H and O–H groups in total. The number of benzene rings is 2. The minimum atomic E-state index is -2.59. The first kappa shape index (κ1) is 28.6. The SMILES string of the molecule is COc1ccc(C2CC(C(F)F)n3nc(-c4ccc(C(=O)N5C[C@H](C)NC[C@H]5C)cc4)cc3N2)cc1OC.Cl. The highest BCUT2D eigenvalue weighted by atomic mass is 35.5. The first-order chi connectivity index (χ1) is 18.3. The first-order valence-corrected chi connectivity index (χ1v) is 12.8. The average molecular weight is 562 g/mol. The summed E-state index contributed by atoms with van der Waals surface area (Å²) in [6, 6.07) is 13.3. The van der Waals surface area contributed by atoms with Crippen LogP contribution in [0.15, 0.2) is 48.5 Å². The lowest BCUT2D eigenvalue weighted by Crippen LogP contribution is -2.56. The molecule has 1 aromatic heterocycles. The summed E-state index contributed by atoms with van der Waals surface area (Å²) in [5, 5.41) is 11.3. The first-order valence-electron chi connectivity index (χ1n) is 12.8. The van der Waals surface area contributed by atoms with Gasteiger partial charge in [-0.25, -0.2) is 13.5 Å². The fraction of sp³-hybridized carbons (Fsp3) is 0.429. The smallest absolute Gasteiger partial charge is 0.260 e. The molecule has 0 radical (unpaired) electrons. The number of halogens is 3. The van der Waals surface area contributed by atoms with Crippen LogP contribution in [-0.2, 0) is 0 Å². The summed E-state index contributed by atoms with van der Waals surface area (Å²) in [7, 11) is 3.10. The van der Waals surface area contributed by atoms with Gasteiger partial charge in [0.15, 0.2) is 11.5 Å². The molecule has 2 aliphatic rings. The third-order valence-electron chi connectivity index (χ3n) is 7.40. The Hall–Kier alpha value is -3.37. The molecule has 3 heterocycles. The van der Waals surface area contributed by atoms with E-state index in [-0.39, 0.29) is 42.9 Å². The van der Waals surface area contributed by atoms with E-state index in [1.54, 1.807) is 38.5 Å². The second-order valence-electron chi connectivity index (χ2n) is 10.0. The molecule has 0 aliphatic carbocycles. The molecule has 2 aromatic carbocycles. The van der Waals surface area contributed by atoms with Crippen LogP contribution in [0.5, 0.6) is 11.5 Å². The summed E-state index contributed by atoms with van der Waals surface area (Å²) in [6.45, 7) is 5.50. The summed E-state index contributed by atoms with van der Waals surface area (Å²) < 4.78 is 40.4. The van der Waals surface area contributed by atoms with Crippen LogP contribution < -0.4 is 20.1 Å². The zero-order valence-electron chi connectivity index (χ0n) is 22.4. The molecule has 0 saturated carbocycles. The molecule has 0 spiro atoms. The van der Waals surface area contributed by atoms with Gasteiger partial charge in [-0.3, -0.25) is 4.79 Å². The van der Waals surface area contributed by atoms with Crippen molar-refractivity contribution in [2.24, 2.45) is 0 Å². The minimum absolute atomic E-state index is 0. The average Bonchev–Trinajstić information content (AvgIpc) is 3.37. The van der Waals surface area contributed by atoms with E-state index in [0.717, 1.165) is 17.7 Å². The molecule has 4 atom stereocenters. The van der Waals surface area contributed by atoms with E-state index in [1.165, 1.54) is 4.68 Å². The van der Waals surface area contributed by atoms with Crippen LogP contribution in [0.1, 0.15) is 48.3 Å². The number of nitrogens with one attached hydrogen (secondary N) is 2. The lowest BCUT2D eigenvalue weighted by molar-refractivity contribution is 0.0616. The summed E-state index contributed by atoms with van der Waals surface area (Å²) >= 11 is 0. The van der Waals surface area contributed by atoms with Crippen molar-refractivity contribution in [2.45, 2.75) is 50.9 Å². The number of fused-ring (bicyclic) bond motifs is 1. The third kappa shape index (κ3) is 5.67. The van der Waals surface area contributed by atoms with E-state index in [0.29, 0.717) is 35.1 Å². The number of rotatable bonds is 6. The third-order valence-corrected chi connectivity index (χ3v) is 7.40. The molecule has 1 fully saturated rings. The second kappa shape index (κ2) is 11.8. The fourth-order valence-corrected chi connectivity index (χ4v) is 5.23. The number of nitrogens with zero attached hydrogens (tertiary/aromatic N) is 3. The Morgan fingerprint density at radius 2 is 1.77 bits per heavy atom. The van der Waals surface area contributed by atoms with E-state index in [9.17, 15) is 13.6 Å². The molecule has 1 saturated heterocycles. The largest absolute Gasteiger partial charge is 0.493 e. The van der Waals surface area contributed by atoms with Crippen LogP contribution in [0, 0.1) is 0 Å². The highest BCUT2D eigenvalue weighted by Crippen LogP contribution is 2.41. The quantitative estimate of drug-likeness (QED) is 0.432. The van der Waals surface area contributed by atoms with Gasteiger partial charge in [-0.15, -0.1) is 12.4 Å². The Kier molecular flexibility index (Phi) is 8.66. The normalized spacial score (nSPS) is 22.5. The van der Waals surface area contributed by atoms with Crippen molar-refractivity contribution in [3.05, 3.63) is 59.7 Å². The van der Waals surface area contributed by atoms with Gasteiger partial charge in [0.2, 0.25) is 0 Å². The van der Waals surface area contributed by atoms with E-state index in [1.807, 2.05) is 36.1 Å². The van der Waals surface area contributed by atoms with Gasteiger partial charge in [0, 0.05) is 42.4 Å². The van der Waals surface area contributed by atoms with Crippen LogP contribution in [0.3, 0.4) is 0 Å². The lowest BCUT2D eigenvalue weighted by atomic mass is 9.97. The van der Waals surface area contributed by atoms with Gasteiger partial charge >= 0.3 is 0 Å². The van der Waals surface area contributed by atoms with Gasteiger partial charge in [-0.05, 0) is 50.1 Å². The van der Waals surface area contributed by atoms with Crippen molar-refractivity contribution < 1.29 is 23.0 Å². The number of methoxy groups -OCH3 is 2. The predicted octanol–water partition coefficient (Wildman–Crippen LogP) is 5.17. The number of carbonyl (C=O) groups excluding carboxylic acids is 1.